The smallest absolute Gasteiger partial charge is 0.248 e. The van der Waals surface area contributed by atoms with Gasteiger partial charge in [0.1, 0.15) is 6.04 Å². The molecule has 2 aliphatic rings. The van der Waals surface area contributed by atoms with E-state index in [1.54, 1.807) is 16.7 Å². The Morgan fingerprint density at radius 2 is 1.82 bits per heavy atom. The Balaban J connectivity index is 1.63. The van der Waals surface area contributed by atoms with E-state index in [9.17, 15) is 18.0 Å². The van der Waals surface area contributed by atoms with Gasteiger partial charge in [-0.15, -0.1) is 11.8 Å². The summed E-state index contributed by atoms with van der Waals surface area (Å²) in [5.74, 6) is 0.628. The fourth-order valence-corrected chi connectivity index (χ4v) is 5.63. The van der Waals surface area contributed by atoms with Crippen molar-refractivity contribution in [2.75, 3.05) is 36.3 Å². The van der Waals surface area contributed by atoms with E-state index in [-0.39, 0.29) is 17.7 Å². The minimum atomic E-state index is -3.22. The molecule has 0 aliphatic carbocycles. The molecular formula is C19H27N3O4S2. The minimum absolute atomic E-state index is 0.0432. The molecule has 28 heavy (non-hydrogen) atoms. The number of amides is 2. The molecule has 1 aromatic rings. The summed E-state index contributed by atoms with van der Waals surface area (Å²) in [5.41, 5.74) is 3.00. The first-order chi connectivity index (χ1) is 13.2. The van der Waals surface area contributed by atoms with Crippen LogP contribution in [0.3, 0.4) is 0 Å². The highest BCUT2D eigenvalue weighted by molar-refractivity contribution is 7.99. The lowest BCUT2D eigenvalue weighted by Crippen LogP contribution is -2.49. The molecule has 2 fully saturated rings. The van der Waals surface area contributed by atoms with Gasteiger partial charge in [0, 0.05) is 30.4 Å². The third kappa shape index (κ3) is 4.69. The monoisotopic (exact) mass is 425 g/mol. The summed E-state index contributed by atoms with van der Waals surface area (Å²) < 4.78 is 24.7. The van der Waals surface area contributed by atoms with Crippen LogP contribution in [-0.4, -0.2) is 66.5 Å². The molecule has 0 saturated carbocycles. The quantitative estimate of drug-likeness (QED) is 0.795. The summed E-state index contributed by atoms with van der Waals surface area (Å²) in [6.07, 6.45) is 2.19. The van der Waals surface area contributed by atoms with E-state index in [1.165, 1.54) is 10.6 Å². The number of hydrogen-bond acceptors (Lipinski definition) is 5. The van der Waals surface area contributed by atoms with Crippen molar-refractivity contribution in [3.63, 3.8) is 0 Å². The van der Waals surface area contributed by atoms with Gasteiger partial charge in [-0.3, -0.25) is 9.59 Å². The Kier molecular flexibility index (Phi) is 6.36. The van der Waals surface area contributed by atoms with E-state index in [0.717, 1.165) is 16.8 Å². The molecule has 2 aliphatic heterocycles. The van der Waals surface area contributed by atoms with Crippen molar-refractivity contribution >= 4 is 39.3 Å². The van der Waals surface area contributed by atoms with Gasteiger partial charge in [-0.1, -0.05) is 6.07 Å². The number of nitrogens with zero attached hydrogens (tertiary/aromatic N) is 2. The normalized spacial score (nSPS) is 21.7. The number of thioether (sulfide) groups is 1. The van der Waals surface area contributed by atoms with Crippen molar-refractivity contribution in [3.05, 3.63) is 29.3 Å². The molecule has 1 N–H and O–H groups in total. The van der Waals surface area contributed by atoms with Crippen LogP contribution in [0.25, 0.3) is 0 Å². The van der Waals surface area contributed by atoms with Crippen molar-refractivity contribution in [1.82, 2.24) is 9.21 Å². The third-order valence-corrected chi connectivity index (χ3v) is 7.83. The second kappa shape index (κ2) is 8.42. The van der Waals surface area contributed by atoms with Gasteiger partial charge in [-0.05, 0) is 49.9 Å². The van der Waals surface area contributed by atoms with Crippen LogP contribution in [0.2, 0.25) is 0 Å². The fourth-order valence-electron chi connectivity index (χ4n) is 3.59. The predicted molar refractivity (Wildman–Crippen MR) is 112 cm³/mol. The Labute approximate surface area is 170 Å². The van der Waals surface area contributed by atoms with Crippen molar-refractivity contribution in [1.29, 1.82) is 0 Å². The Hall–Kier alpha value is -1.58. The van der Waals surface area contributed by atoms with Gasteiger partial charge in [-0.2, -0.15) is 0 Å². The van der Waals surface area contributed by atoms with Crippen molar-refractivity contribution in [2.45, 2.75) is 32.7 Å². The first-order valence-corrected chi connectivity index (χ1v) is 12.4. The van der Waals surface area contributed by atoms with Gasteiger partial charge >= 0.3 is 0 Å². The van der Waals surface area contributed by atoms with Crippen molar-refractivity contribution in [3.8, 4) is 0 Å². The number of rotatable bonds is 4. The summed E-state index contributed by atoms with van der Waals surface area (Å²) in [5, 5.41) is 2.93. The standard InChI is InChI=1S/C19H27N3O4S2/c1-13-4-5-16(10-14(13)2)20-18(23)17-11-27-12-22(17)19(24)15-6-8-21(9-7-15)28(3,25)26/h4-5,10,15,17H,6-9,11-12H2,1-3H3,(H,20,23). The zero-order valence-electron chi connectivity index (χ0n) is 16.5. The lowest BCUT2D eigenvalue weighted by molar-refractivity contribution is -0.140. The Morgan fingerprint density at radius 3 is 2.43 bits per heavy atom. The van der Waals surface area contributed by atoms with Crippen molar-refractivity contribution in [2.24, 2.45) is 5.92 Å². The minimum Gasteiger partial charge on any atom is -0.324 e. The highest BCUT2D eigenvalue weighted by Gasteiger charge is 2.39. The molecule has 0 bridgehead atoms. The number of aryl methyl sites for hydroxylation is 2. The van der Waals surface area contributed by atoms with E-state index < -0.39 is 16.1 Å². The number of carbonyl (C=O) groups excluding carboxylic acids is 2. The van der Waals surface area contributed by atoms with Crippen molar-refractivity contribution < 1.29 is 18.0 Å². The van der Waals surface area contributed by atoms with Gasteiger partial charge in [-0.25, -0.2) is 12.7 Å². The Morgan fingerprint density at radius 1 is 1.14 bits per heavy atom. The molecule has 0 spiro atoms. The number of carbonyl (C=O) groups is 2. The van der Waals surface area contributed by atoms with Crippen LogP contribution in [-0.2, 0) is 19.6 Å². The number of nitrogens with one attached hydrogen (secondary N) is 1. The molecule has 1 unspecified atom stereocenters. The fraction of sp³-hybridized carbons (Fsp3) is 0.579. The van der Waals surface area contributed by atoms with Crippen LogP contribution >= 0.6 is 11.8 Å². The number of piperidine rings is 1. The molecule has 1 aromatic carbocycles. The maximum absolute atomic E-state index is 13.0. The molecule has 0 aromatic heterocycles. The van der Waals surface area contributed by atoms with E-state index in [2.05, 4.69) is 5.32 Å². The number of anilines is 1. The van der Waals surface area contributed by atoms with Crippen LogP contribution in [0.15, 0.2) is 18.2 Å². The van der Waals surface area contributed by atoms with Crippen LogP contribution in [0.4, 0.5) is 5.69 Å². The van der Waals surface area contributed by atoms with E-state index >= 15 is 0 Å². The summed E-state index contributed by atoms with van der Waals surface area (Å²) >= 11 is 1.57. The van der Waals surface area contributed by atoms with E-state index in [4.69, 9.17) is 0 Å². The average molecular weight is 426 g/mol. The second-order valence-electron chi connectivity index (χ2n) is 7.55. The van der Waals surface area contributed by atoms with Gasteiger partial charge in [0.25, 0.3) is 0 Å². The lowest BCUT2D eigenvalue weighted by atomic mass is 9.96. The molecular weight excluding hydrogens is 398 g/mol. The van der Waals surface area contributed by atoms with Crippen LogP contribution in [0.5, 0.6) is 0 Å². The molecule has 1 atom stereocenters. The van der Waals surface area contributed by atoms with Gasteiger partial charge in [0.05, 0.1) is 12.1 Å². The molecule has 154 valence electrons. The van der Waals surface area contributed by atoms with Crippen LogP contribution in [0, 0.1) is 19.8 Å². The molecule has 7 nitrogen and oxygen atoms in total. The molecule has 2 heterocycles. The summed E-state index contributed by atoms with van der Waals surface area (Å²) in [6.45, 7) is 4.73. The highest BCUT2D eigenvalue weighted by atomic mass is 32.2. The van der Waals surface area contributed by atoms with Gasteiger partial charge < -0.3 is 10.2 Å². The second-order valence-corrected chi connectivity index (χ2v) is 10.5. The maximum Gasteiger partial charge on any atom is 0.248 e. The molecule has 9 heteroatoms. The zero-order chi connectivity index (χ0) is 20.5. The summed E-state index contributed by atoms with van der Waals surface area (Å²) in [4.78, 5) is 27.4. The number of sulfonamides is 1. The average Bonchev–Trinajstić information content (AvgIpc) is 3.13. The van der Waals surface area contributed by atoms with Gasteiger partial charge in [0.2, 0.25) is 21.8 Å². The SMILES string of the molecule is Cc1ccc(NC(=O)C2CSCN2C(=O)C2CCN(S(C)(=O)=O)CC2)cc1C. The summed E-state index contributed by atoms with van der Waals surface area (Å²) in [7, 11) is -3.22. The molecule has 2 amide bonds. The van der Waals surface area contributed by atoms with Crippen LogP contribution < -0.4 is 5.32 Å². The molecule has 0 radical (unpaired) electrons. The van der Waals surface area contributed by atoms with E-state index in [0.29, 0.717) is 37.6 Å². The maximum atomic E-state index is 13.0. The first kappa shape index (κ1) is 21.1. The van der Waals surface area contributed by atoms with Gasteiger partial charge in [0.15, 0.2) is 0 Å². The topological polar surface area (TPSA) is 86.8 Å². The number of benzene rings is 1. The first-order valence-electron chi connectivity index (χ1n) is 9.38. The zero-order valence-corrected chi connectivity index (χ0v) is 18.1. The highest BCUT2D eigenvalue weighted by Crippen LogP contribution is 2.28. The molecule has 3 rings (SSSR count). The van der Waals surface area contributed by atoms with Crippen LogP contribution in [0.1, 0.15) is 24.0 Å². The predicted octanol–water partition coefficient (Wildman–Crippen LogP) is 1.82. The summed E-state index contributed by atoms with van der Waals surface area (Å²) in [6, 6.07) is 5.27. The lowest BCUT2D eigenvalue weighted by Gasteiger charge is -2.33. The largest absolute Gasteiger partial charge is 0.324 e. The Bertz CT molecular complexity index is 864. The third-order valence-electron chi connectivity index (χ3n) is 5.51. The molecule has 2 saturated heterocycles. The van der Waals surface area contributed by atoms with E-state index in [1.807, 2.05) is 32.0 Å². The number of hydrogen-bond donors (Lipinski definition) is 1.